The minimum absolute atomic E-state index is 0.0209. The Hall–Kier alpha value is -1.71. The molecular formula is C17H27NO3. The third-order valence-electron chi connectivity index (χ3n) is 3.00. The van der Waals surface area contributed by atoms with Crippen LogP contribution in [0.15, 0.2) is 24.3 Å². The van der Waals surface area contributed by atoms with E-state index in [1.165, 1.54) is 0 Å². The number of amides is 1. The molecule has 21 heavy (non-hydrogen) atoms. The molecule has 0 heterocycles. The van der Waals surface area contributed by atoms with Crippen molar-refractivity contribution in [1.82, 2.24) is 4.90 Å². The van der Waals surface area contributed by atoms with Crippen molar-refractivity contribution in [3.8, 4) is 11.5 Å². The van der Waals surface area contributed by atoms with Gasteiger partial charge >= 0.3 is 0 Å². The van der Waals surface area contributed by atoms with Gasteiger partial charge < -0.3 is 14.4 Å². The monoisotopic (exact) mass is 293 g/mol. The number of ether oxygens (including phenoxy) is 2. The standard InChI is InChI=1S/C17H27NO3/c1-6-20-15-7-9-16(10-8-15)21-12-17(19)18(14(4)5)11-13(2)3/h7-10,13-14H,6,11-12H2,1-5H3. The van der Waals surface area contributed by atoms with Crippen molar-refractivity contribution >= 4 is 5.91 Å². The van der Waals surface area contributed by atoms with E-state index in [0.29, 0.717) is 18.3 Å². The minimum Gasteiger partial charge on any atom is -0.494 e. The van der Waals surface area contributed by atoms with E-state index in [0.717, 1.165) is 12.3 Å². The number of hydrogen-bond donors (Lipinski definition) is 0. The fourth-order valence-corrected chi connectivity index (χ4v) is 2.02. The molecule has 0 aliphatic carbocycles. The summed E-state index contributed by atoms with van der Waals surface area (Å²) in [7, 11) is 0. The van der Waals surface area contributed by atoms with Crippen molar-refractivity contribution < 1.29 is 14.3 Å². The Morgan fingerprint density at radius 2 is 1.57 bits per heavy atom. The summed E-state index contributed by atoms with van der Waals surface area (Å²) in [6.45, 7) is 11.7. The molecule has 0 radical (unpaired) electrons. The molecule has 0 aliphatic heterocycles. The summed E-state index contributed by atoms with van der Waals surface area (Å²) in [6.07, 6.45) is 0. The Balaban J connectivity index is 2.54. The first-order valence-corrected chi connectivity index (χ1v) is 7.59. The van der Waals surface area contributed by atoms with Gasteiger partial charge in [0.1, 0.15) is 11.5 Å². The lowest BCUT2D eigenvalue weighted by Gasteiger charge is -2.28. The maximum absolute atomic E-state index is 12.2. The van der Waals surface area contributed by atoms with E-state index in [1.54, 1.807) is 0 Å². The largest absolute Gasteiger partial charge is 0.494 e. The van der Waals surface area contributed by atoms with Crippen LogP contribution in [0.3, 0.4) is 0 Å². The zero-order valence-electron chi connectivity index (χ0n) is 13.8. The molecule has 1 amide bonds. The lowest BCUT2D eigenvalue weighted by atomic mass is 10.2. The van der Waals surface area contributed by atoms with Gasteiger partial charge in [0.25, 0.3) is 5.91 Å². The molecule has 0 fully saturated rings. The molecule has 1 rings (SSSR count). The Labute approximate surface area is 128 Å². The van der Waals surface area contributed by atoms with Gasteiger partial charge in [-0.2, -0.15) is 0 Å². The van der Waals surface area contributed by atoms with Crippen molar-refractivity contribution in [1.29, 1.82) is 0 Å². The lowest BCUT2D eigenvalue weighted by molar-refractivity contribution is -0.135. The third-order valence-corrected chi connectivity index (χ3v) is 3.00. The van der Waals surface area contributed by atoms with Gasteiger partial charge in [0.2, 0.25) is 0 Å². The Bertz CT molecular complexity index is 426. The first-order valence-electron chi connectivity index (χ1n) is 7.59. The van der Waals surface area contributed by atoms with Crippen LogP contribution in [0.25, 0.3) is 0 Å². The van der Waals surface area contributed by atoms with E-state index in [1.807, 2.05) is 49.9 Å². The molecule has 0 saturated carbocycles. The maximum Gasteiger partial charge on any atom is 0.260 e. The Morgan fingerprint density at radius 1 is 1.05 bits per heavy atom. The second kappa shape index (κ2) is 8.55. The molecule has 118 valence electrons. The quantitative estimate of drug-likeness (QED) is 0.737. The van der Waals surface area contributed by atoms with Crippen molar-refractivity contribution in [3.63, 3.8) is 0 Å². The van der Waals surface area contributed by atoms with Crippen molar-refractivity contribution in [3.05, 3.63) is 24.3 Å². The summed E-state index contributed by atoms with van der Waals surface area (Å²) in [5.74, 6) is 1.95. The van der Waals surface area contributed by atoms with Crippen molar-refractivity contribution in [2.75, 3.05) is 19.8 Å². The van der Waals surface area contributed by atoms with Crippen LogP contribution in [0.4, 0.5) is 0 Å². The number of carbonyl (C=O) groups excluding carboxylic acids is 1. The Kier molecular flexibility index (Phi) is 7.06. The van der Waals surface area contributed by atoms with Gasteiger partial charge in [-0.15, -0.1) is 0 Å². The van der Waals surface area contributed by atoms with E-state index >= 15 is 0 Å². The van der Waals surface area contributed by atoms with Crippen LogP contribution in [-0.4, -0.2) is 36.6 Å². The number of nitrogens with zero attached hydrogens (tertiary/aromatic N) is 1. The minimum atomic E-state index is 0.0209. The van der Waals surface area contributed by atoms with Gasteiger partial charge in [0, 0.05) is 12.6 Å². The van der Waals surface area contributed by atoms with Crippen LogP contribution < -0.4 is 9.47 Å². The van der Waals surface area contributed by atoms with E-state index in [9.17, 15) is 4.79 Å². The molecule has 0 unspecified atom stereocenters. The SMILES string of the molecule is CCOc1ccc(OCC(=O)N(CC(C)C)C(C)C)cc1. The molecule has 1 aromatic rings. The van der Waals surface area contributed by atoms with Crippen LogP contribution >= 0.6 is 0 Å². The average molecular weight is 293 g/mol. The van der Waals surface area contributed by atoms with Crippen LogP contribution in [0, 0.1) is 5.92 Å². The molecule has 0 aromatic heterocycles. The predicted molar refractivity (Wildman–Crippen MR) is 84.8 cm³/mol. The van der Waals surface area contributed by atoms with E-state index in [2.05, 4.69) is 13.8 Å². The molecule has 0 N–H and O–H groups in total. The first kappa shape index (κ1) is 17.3. The second-order valence-electron chi connectivity index (χ2n) is 5.73. The van der Waals surface area contributed by atoms with Crippen molar-refractivity contribution in [2.24, 2.45) is 5.92 Å². The van der Waals surface area contributed by atoms with E-state index in [-0.39, 0.29) is 18.6 Å². The molecule has 0 bridgehead atoms. The molecule has 0 atom stereocenters. The van der Waals surface area contributed by atoms with Crippen LogP contribution in [0.2, 0.25) is 0 Å². The molecule has 0 spiro atoms. The molecule has 0 aliphatic rings. The topological polar surface area (TPSA) is 38.8 Å². The highest BCUT2D eigenvalue weighted by molar-refractivity contribution is 5.78. The van der Waals surface area contributed by atoms with Crippen LogP contribution in [-0.2, 0) is 4.79 Å². The summed E-state index contributed by atoms with van der Waals surface area (Å²) < 4.78 is 10.9. The Morgan fingerprint density at radius 3 is 2.00 bits per heavy atom. The normalized spacial score (nSPS) is 10.8. The summed E-state index contributed by atoms with van der Waals surface area (Å²) in [4.78, 5) is 14.1. The number of rotatable bonds is 8. The zero-order valence-corrected chi connectivity index (χ0v) is 13.8. The summed E-state index contributed by atoms with van der Waals surface area (Å²) in [6, 6.07) is 7.51. The number of carbonyl (C=O) groups is 1. The van der Waals surface area contributed by atoms with E-state index < -0.39 is 0 Å². The predicted octanol–water partition coefficient (Wildman–Crippen LogP) is 3.36. The highest BCUT2D eigenvalue weighted by atomic mass is 16.5. The highest BCUT2D eigenvalue weighted by Crippen LogP contribution is 2.17. The molecule has 0 saturated heterocycles. The summed E-state index contributed by atoms with van der Waals surface area (Å²) in [5.41, 5.74) is 0. The second-order valence-corrected chi connectivity index (χ2v) is 5.73. The van der Waals surface area contributed by atoms with Gasteiger partial charge in [-0.25, -0.2) is 0 Å². The van der Waals surface area contributed by atoms with Gasteiger partial charge in [0.15, 0.2) is 6.61 Å². The fraction of sp³-hybridized carbons (Fsp3) is 0.588. The number of hydrogen-bond acceptors (Lipinski definition) is 3. The fourth-order valence-electron chi connectivity index (χ4n) is 2.02. The molecule has 4 heteroatoms. The van der Waals surface area contributed by atoms with Gasteiger partial charge in [-0.3, -0.25) is 4.79 Å². The van der Waals surface area contributed by atoms with E-state index in [4.69, 9.17) is 9.47 Å². The summed E-state index contributed by atoms with van der Waals surface area (Å²) in [5, 5.41) is 0. The van der Waals surface area contributed by atoms with Gasteiger partial charge in [0.05, 0.1) is 6.61 Å². The smallest absolute Gasteiger partial charge is 0.260 e. The van der Waals surface area contributed by atoms with Crippen LogP contribution in [0.1, 0.15) is 34.6 Å². The van der Waals surface area contributed by atoms with Gasteiger partial charge in [-0.05, 0) is 51.0 Å². The zero-order chi connectivity index (χ0) is 15.8. The van der Waals surface area contributed by atoms with Gasteiger partial charge in [-0.1, -0.05) is 13.8 Å². The molecule has 1 aromatic carbocycles. The molecular weight excluding hydrogens is 266 g/mol. The number of benzene rings is 1. The first-order chi connectivity index (χ1) is 9.93. The van der Waals surface area contributed by atoms with Crippen LogP contribution in [0.5, 0.6) is 11.5 Å². The maximum atomic E-state index is 12.2. The van der Waals surface area contributed by atoms with Crippen molar-refractivity contribution in [2.45, 2.75) is 40.7 Å². The average Bonchev–Trinajstić information content (AvgIpc) is 2.43. The molecule has 4 nitrogen and oxygen atoms in total. The lowest BCUT2D eigenvalue weighted by Crippen LogP contribution is -2.42. The highest BCUT2D eigenvalue weighted by Gasteiger charge is 2.18. The third kappa shape index (κ3) is 6.06. The summed E-state index contributed by atoms with van der Waals surface area (Å²) >= 11 is 0.